The van der Waals surface area contributed by atoms with Crippen LogP contribution in [0.25, 0.3) is 0 Å². The summed E-state index contributed by atoms with van der Waals surface area (Å²) in [6.45, 7) is 10.3. The third kappa shape index (κ3) is 6.00. The van der Waals surface area contributed by atoms with Gasteiger partial charge in [-0.25, -0.2) is 0 Å². The van der Waals surface area contributed by atoms with Gasteiger partial charge in [-0.1, -0.05) is 13.8 Å². The highest BCUT2D eigenvalue weighted by atomic mass is 16.5. The average Bonchev–Trinajstić information content (AvgIpc) is 2.32. The van der Waals surface area contributed by atoms with E-state index in [-0.39, 0.29) is 5.91 Å². The Hall–Kier alpha value is -0.650. The van der Waals surface area contributed by atoms with Crippen LogP contribution in [0.4, 0.5) is 0 Å². The molecule has 0 saturated heterocycles. The molecule has 0 aliphatic carbocycles. The van der Waals surface area contributed by atoms with E-state index in [4.69, 9.17) is 10.5 Å². The average molecular weight is 245 g/mol. The maximum Gasteiger partial charge on any atom is 0.237 e. The number of carbonyl (C=O) groups excluding carboxylic acids is 1. The second-order valence-corrected chi connectivity index (χ2v) is 4.39. The maximum atomic E-state index is 11.4. The molecule has 0 aliphatic rings. The van der Waals surface area contributed by atoms with Crippen molar-refractivity contribution in [2.45, 2.75) is 32.7 Å². The summed E-state index contributed by atoms with van der Waals surface area (Å²) < 4.78 is 5.00. The molecule has 1 unspecified atom stereocenters. The summed E-state index contributed by atoms with van der Waals surface area (Å²) in [4.78, 5) is 13.7. The third-order valence-electron chi connectivity index (χ3n) is 3.19. The number of hydrogen-bond acceptors (Lipinski definition) is 4. The molecule has 0 aromatic heterocycles. The van der Waals surface area contributed by atoms with E-state index < -0.39 is 5.54 Å². The van der Waals surface area contributed by atoms with Gasteiger partial charge in [-0.15, -0.1) is 0 Å². The number of primary amides is 1. The Balaban J connectivity index is 4.12. The van der Waals surface area contributed by atoms with Crippen LogP contribution in [0.3, 0.4) is 0 Å². The molecular weight excluding hydrogens is 218 g/mol. The standard InChI is InChI=1S/C12H27N3O2/c1-5-15(6-2)9-8-14-12(3,11(13)16)7-10-17-4/h14H,5-10H2,1-4H3,(H2,13,16). The fraction of sp³-hybridized carbons (Fsp3) is 0.917. The first kappa shape index (κ1) is 16.4. The monoisotopic (exact) mass is 245 g/mol. The summed E-state index contributed by atoms with van der Waals surface area (Å²) >= 11 is 0. The first-order chi connectivity index (χ1) is 8.00. The van der Waals surface area contributed by atoms with Crippen LogP contribution >= 0.6 is 0 Å². The molecule has 5 heteroatoms. The molecule has 5 nitrogen and oxygen atoms in total. The van der Waals surface area contributed by atoms with E-state index >= 15 is 0 Å². The Labute approximate surface area is 105 Å². The molecule has 0 spiro atoms. The van der Waals surface area contributed by atoms with Crippen molar-refractivity contribution in [3.8, 4) is 0 Å². The molecule has 1 atom stereocenters. The van der Waals surface area contributed by atoms with Crippen molar-refractivity contribution in [3.63, 3.8) is 0 Å². The van der Waals surface area contributed by atoms with Gasteiger partial charge in [0.1, 0.15) is 0 Å². The van der Waals surface area contributed by atoms with Gasteiger partial charge in [0, 0.05) is 26.8 Å². The molecule has 0 radical (unpaired) electrons. The SMILES string of the molecule is CCN(CC)CCNC(C)(CCOC)C(N)=O. The van der Waals surface area contributed by atoms with E-state index in [1.165, 1.54) is 0 Å². The molecule has 102 valence electrons. The fourth-order valence-corrected chi connectivity index (χ4v) is 1.63. The number of amides is 1. The summed E-state index contributed by atoms with van der Waals surface area (Å²) in [5.74, 6) is -0.325. The van der Waals surface area contributed by atoms with Crippen molar-refractivity contribution in [2.24, 2.45) is 5.73 Å². The number of methoxy groups -OCH3 is 1. The number of likely N-dealkylation sites (N-methyl/N-ethyl adjacent to an activating group) is 1. The maximum absolute atomic E-state index is 11.4. The van der Waals surface area contributed by atoms with Crippen molar-refractivity contribution in [2.75, 3.05) is 39.9 Å². The van der Waals surface area contributed by atoms with Gasteiger partial charge in [0.25, 0.3) is 0 Å². The lowest BCUT2D eigenvalue weighted by Gasteiger charge is -2.29. The van der Waals surface area contributed by atoms with Crippen LogP contribution < -0.4 is 11.1 Å². The minimum absolute atomic E-state index is 0.325. The Morgan fingerprint density at radius 3 is 2.41 bits per heavy atom. The van der Waals surface area contributed by atoms with Gasteiger partial charge < -0.3 is 20.7 Å². The molecule has 0 heterocycles. The summed E-state index contributed by atoms with van der Waals surface area (Å²) in [7, 11) is 1.62. The lowest BCUT2D eigenvalue weighted by Crippen LogP contribution is -2.55. The van der Waals surface area contributed by atoms with Crippen molar-refractivity contribution < 1.29 is 9.53 Å². The Morgan fingerprint density at radius 2 is 2.00 bits per heavy atom. The number of rotatable bonds is 10. The van der Waals surface area contributed by atoms with E-state index in [9.17, 15) is 4.79 Å². The second kappa shape index (κ2) is 8.44. The quantitative estimate of drug-likeness (QED) is 0.577. The number of hydrogen-bond donors (Lipinski definition) is 2. The molecule has 0 aliphatic heterocycles. The van der Waals surface area contributed by atoms with Crippen LogP contribution in [-0.2, 0) is 9.53 Å². The van der Waals surface area contributed by atoms with Gasteiger partial charge in [-0.2, -0.15) is 0 Å². The highest BCUT2D eigenvalue weighted by Crippen LogP contribution is 2.08. The van der Waals surface area contributed by atoms with Crippen LogP contribution in [-0.4, -0.2) is 56.2 Å². The lowest BCUT2D eigenvalue weighted by atomic mass is 9.97. The predicted octanol–water partition coefficient (Wildman–Crippen LogP) is 0.198. The minimum atomic E-state index is -0.677. The minimum Gasteiger partial charge on any atom is -0.385 e. The van der Waals surface area contributed by atoms with E-state index in [1.807, 2.05) is 6.92 Å². The van der Waals surface area contributed by atoms with Crippen LogP contribution in [0.2, 0.25) is 0 Å². The van der Waals surface area contributed by atoms with Gasteiger partial charge in [0.2, 0.25) is 5.91 Å². The number of nitrogens with one attached hydrogen (secondary N) is 1. The summed E-state index contributed by atoms with van der Waals surface area (Å²) in [5, 5.41) is 3.23. The highest BCUT2D eigenvalue weighted by Gasteiger charge is 2.29. The zero-order chi connectivity index (χ0) is 13.3. The fourth-order valence-electron chi connectivity index (χ4n) is 1.63. The molecule has 17 heavy (non-hydrogen) atoms. The molecule has 0 bridgehead atoms. The zero-order valence-electron chi connectivity index (χ0n) is 11.6. The number of carbonyl (C=O) groups is 1. The Kier molecular flexibility index (Phi) is 8.12. The number of nitrogens with two attached hydrogens (primary N) is 1. The molecule has 0 fully saturated rings. The van der Waals surface area contributed by atoms with Gasteiger partial charge >= 0.3 is 0 Å². The zero-order valence-corrected chi connectivity index (χ0v) is 11.6. The molecular formula is C12H27N3O2. The number of nitrogens with zero attached hydrogens (tertiary/aromatic N) is 1. The summed E-state index contributed by atoms with van der Waals surface area (Å²) in [5.41, 5.74) is 4.75. The largest absolute Gasteiger partial charge is 0.385 e. The molecule has 0 saturated carbocycles. The smallest absolute Gasteiger partial charge is 0.237 e. The van der Waals surface area contributed by atoms with Gasteiger partial charge in [-0.05, 0) is 26.4 Å². The third-order valence-corrected chi connectivity index (χ3v) is 3.19. The molecule has 0 aromatic rings. The number of ether oxygens (including phenoxy) is 1. The molecule has 3 N–H and O–H groups in total. The summed E-state index contributed by atoms with van der Waals surface area (Å²) in [6.07, 6.45) is 0.594. The highest BCUT2D eigenvalue weighted by molar-refractivity contribution is 5.84. The van der Waals surface area contributed by atoms with E-state index in [0.717, 1.165) is 26.2 Å². The first-order valence-corrected chi connectivity index (χ1v) is 6.26. The molecule has 0 rings (SSSR count). The molecule has 1 amide bonds. The Morgan fingerprint density at radius 1 is 1.41 bits per heavy atom. The van der Waals surface area contributed by atoms with Crippen LogP contribution in [0, 0.1) is 0 Å². The van der Waals surface area contributed by atoms with Crippen molar-refractivity contribution in [1.82, 2.24) is 10.2 Å². The van der Waals surface area contributed by atoms with Crippen LogP contribution in [0.15, 0.2) is 0 Å². The van der Waals surface area contributed by atoms with Crippen LogP contribution in [0.5, 0.6) is 0 Å². The first-order valence-electron chi connectivity index (χ1n) is 6.26. The lowest BCUT2D eigenvalue weighted by molar-refractivity contribution is -0.124. The van der Waals surface area contributed by atoms with Crippen molar-refractivity contribution in [3.05, 3.63) is 0 Å². The van der Waals surface area contributed by atoms with Crippen molar-refractivity contribution >= 4 is 5.91 Å². The predicted molar refractivity (Wildman–Crippen MR) is 69.9 cm³/mol. The Bertz CT molecular complexity index is 220. The molecule has 0 aromatic carbocycles. The van der Waals surface area contributed by atoms with E-state index in [2.05, 4.69) is 24.1 Å². The second-order valence-electron chi connectivity index (χ2n) is 4.39. The van der Waals surface area contributed by atoms with Crippen molar-refractivity contribution in [1.29, 1.82) is 0 Å². The van der Waals surface area contributed by atoms with Crippen LogP contribution in [0.1, 0.15) is 27.2 Å². The summed E-state index contributed by atoms with van der Waals surface area (Å²) in [6, 6.07) is 0. The topological polar surface area (TPSA) is 67.6 Å². The van der Waals surface area contributed by atoms with E-state index in [0.29, 0.717) is 13.0 Å². The van der Waals surface area contributed by atoms with Gasteiger partial charge in [0.05, 0.1) is 5.54 Å². The normalized spacial score (nSPS) is 14.9. The van der Waals surface area contributed by atoms with Gasteiger partial charge in [-0.3, -0.25) is 4.79 Å². The van der Waals surface area contributed by atoms with Gasteiger partial charge in [0.15, 0.2) is 0 Å². The van der Waals surface area contributed by atoms with E-state index in [1.54, 1.807) is 7.11 Å².